The summed E-state index contributed by atoms with van der Waals surface area (Å²) in [5, 5.41) is 3.42. The van der Waals surface area contributed by atoms with Crippen molar-refractivity contribution >= 4 is 5.91 Å². The second kappa shape index (κ2) is 7.68. The third kappa shape index (κ3) is 3.92. The van der Waals surface area contributed by atoms with Crippen molar-refractivity contribution in [1.29, 1.82) is 0 Å². The zero-order chi connectivity index (χ0) is 18.9. The standard InChI is InChI=1S/C21H31N3O3/c1-26-17-11-16(12-18(13-17)27-2)15-23-7-9-24(10-8-23)20(25)19-14-21(19)3-5-22-6-4-21/h11-13,19,22H,3-10,14-15H2,1-2H3. The van der Waals surface area contributed by atoms with Crippen LogP contribution in [-0.2, 0) is 11.3 Å². The maximum atomic E-state index is 12.9. The molecule has 4 rings (SSSR count). The molecule has 1 unspecified atom stereocenters. The highest BCUT2D eigenvalue weighted by Crippen LogP contribution is 2.59. The zero-order valence-corrected chi connectivity index (χ0v) is 16.5. The summed E-state index contributed by atoms with van der Waals surface area (Å²) in [5.74, 6) is 2.33. The van der Waals surface area contributed by atoms with E-state index < -0.39 is 0 Å². The predicted octanol–water partition coefficient (Wildman–Crippen LogP) is 1.74. The van der Waals surface area contributed by atoms with Crippen LogP contribution in [0.1, 0.15) is 24.8 Å². The van der Waals surface area contributed by atoms with Crippen molar-refractivity contribution in [2.75, 3.05) is 53.5 Å². The number of rotatable bonds is 5. The Morgan fingerprint density at radius 2 is 1.70 bits per heavy atom. The van der Waals surface area contributed by atoms with Gasteiger partial charge in [0.15, 0.2) is 0 Å². The number of piperidine rings is 1. The second-order valence-corrected chi connectivity index (χ2v) is 8.19. The molecule has 0 radical (unpaired) electrons. The van der Waals surface area contributed by atoms with E-state index >= 15 is 0 Å². The predicted molar refractivity (Wildman–Crippen MR) is 104 cm³/mol. The highest BCUT2D eigenvalue weighted by Gasteiger charge is 2.58. The SMILES string of the molecule is COc1cc(CN2CCN(C(=O)C3CC34CCNCC4)CC2)cc(OC)c1. The van der Waals surface area contributed by atoms with Crippen molar-refractivity contribution < 1.29 is 14.3 Å². The lowest BCUT2D eigenvalue weighted by molar-refractivity contribution is -0.135. The number of hydrogen-bond acceptors (Lipinski definition) is 5. The molecule has 1 atom stereocenters. The topological polar surface area (TPSA) is 54.0 Å². The fourth-order valence-electron chi connectivity index (χ4n) is 4.74. The van der Waals surface area contributed by atoms with Gasteiger partial charge in [0.1, 0.15) is 11.5 Å². The van der Waals surface area contributed by atoms with Crippen molar-refractivity contribution in [3.63, 3.8) is 0 Å². The number of benzene rings is 1. The maximum absolute atomic E-state index is 12.9. The summed E-state index contributed by atoms with van der Waals surface area (Å²) in [5.41, 5.74) is 1.51. The van der Waals surface area contributed by atoms with Crippen LogP contribution in [0.2, 0.25) is 0 Å². The summed E-state index contributed by atoms with van der Waals surface area (Å²) in [6.07, 6.45) is 3.44. The Labute approximate surface area is 161 Å². The lowest BCUT2D eigenvalue weighted by atomic mass is 9.91. The van der Waals surface area contributed by atoms with Gasteiger partial charge < -0.3 is 19.7 Å². The molecule has 27 heavy (non-hydrogen) atoms. The average Bonchev–Trinajstić information content (AvgIpc) is 3.40. The van der Waals surface area contributed by atoms with Gasteiger partial charge in [-0.3, -0.25) is 9.69 Å². The molecule has 3 aliphatic rings. The molecule has 3 fully saturated rings. The first-order valence-corrected chi connectivity index (χ1v) is 10.1. The molecule has 6 heteroatoms. The van der Waals surface area contributed by atoms with Gasteiger partial charge in [-0.2, -0.15) is 0 Å². The van der Waals surface area contributed by atoms with E-state index in [1.165, 1.54) is 18.4 Å². The van der Waals surface area contributed by atoms with Crippen molar-refractivity contribution in [3.05, 3.63) is 23.8 Å². The van der Waals surface area contributed by atoms with Gasteiger partial charge in [-0.05, 0) is 55.5 Å². The van der Waals surface area contributed by atoms with Gasteiger partial charge in [-0.1, -0.05) is 0 Å². The van der Waals surface area contributed by atoms with Gasteiger partial charge >= 0.3 is 0 Å². The number of carbonyl (C=O) groups excluding carboxylic acids is 1. The molecular formula is C21H31N3O3. The second-order valence-electron chi connectivity index (χ2n) is 8.19. The Kier molecular flexibility index (Phi) is 5.28. The van der Waals surface area contributed by atoms with Gasteiger partial charge in [-0.15, -0.1) is 0 Å². The van der Waals surface area contributed by atoms with E-state index in [9.17, 15) is 4.79 Å². The summed E-state index contributed by atoms with van der Waals surface area (Å²) >= 11 is 0. The monoisotopic (exact) mass is 373 g/mol. The van der Waals surface area contributed by atoms with Crippen molar-refractivity contribution in [2.24, 2.45) is 11.3 Å². The number of methoxy groups -OCH3 is 2. The molecule has 1 amide bonds. The summed E-state index contributed by atoms with van der Waals surface area (Å²) < 4.78 is 10.7. The third-order valence-electron chi connectivity index (χ3n) is 6.59. The summed E-state index contributed by atoms with van der Waals surface area (Å²) in [4.78, 5) is 17.4. The van der Waals surface area contributed by atoms with Crippen LogP contribution in [0.3, 0.4) is 0 Å². The first-order valence-electron chi connectivity index (χ1n) is 10.1. The Morgan fingerprint density at radius 3 is 2.30 bits per heavy atom. The molecule has 2 aliphatic heterocycles. The quantitative estimate of drug-likeness (QED) is 0.852. The van der Waals surface area contributed by atoms with E-state index in [4.69, 9.17) is 9.47 Å². The molecule has 2 saturated heterocycles. The number of nitrogens with one attached hydrogen (secondary N) is 1. The fourth-order valence-corrected chi connectivity index (χ4v) is 4.74. The molecule has 2 heterocycles. The minimum Gasteiger partial charge on any atom is -0.497 e. The van der Waals surface area contributed by atoms with Gasteiger partial charge in [0.2, 0.25) is 5.91 Å². The molecule has 0 aromatic heterocycles. The molecule has 1 N–H and O–H groups in total. The van der Waals surface area contributed by atoms with Crippen LogP contribution in [0, 0.1) is 11.3 Å². The molecule has 6 nitrogen and oxygen atoms in total. The normalized spacial score (nSPS) is 24.7. The molecule has 1 aliphatic carbocycles. The first kappa shape index (κ1) is 18.6. The minimum atomic E-state index is 0.286. The number of piperazine rings is 1. The smallest absolute Gasteiger partial charge is 0.226 e. The Bertz CT molecular complexity index is 657. The van der Waals surface area contributed by atoms with Crippen LogP contribution in [-0.4, -0.2) is 69.2 Å². The molecule has 1 saturated carbocycles. The highest BCUT2D eigenvalue weighted by molar-refractivity contribution is 5.83. The Balaban J connectivity index is 1.30. The number of hydrogen-bond donors (Lipinski definition) is 1. The summed E-state index contributed by atoms with van der Waals surface area (Å²) in [6, 6.07) is 6.02. The number of nitrogens with zero attached hydrogens (tertiary/aromatic N) is 2. The van der Waals surface area contributed by atoms with Crippen molar-refractivity contribution in [2.45, 2.75) is 25.8 Å². The number of ether oxygens (including phenoxy) is 2. The summed E-state index contributed by atoms with van der Waals surface area (Å²) in [6.45, 7) is 6.52. The van der Waals surface area contributed by atoms with E-state index in [1.807, 2.05) is 6.07 Å². The van der Waals surface area contributed by atoms with Gasteiger partial charge in [-0.25, -0.2) is 0 Å². The summed E-state index contributed by atoms with van der Waals surface area (Å²) in [7, 11) is 3.35. The van der Waals surface area contributed by atoms with Crippen LogP contribution < -0.4 is 14.8 Å². The molecule has 148 valence electrons. The van der Waals surface area contributed by atoms with E-state index in [2.05, 4.69) is 27.2 Å². The number of carbonyl (C=O) groups is 1. The van der Waals surface area contributed by atoms with Gasteiger partial charge in [0, 0.05) is 44.7 Å². The molecule has 0 bridgehead atoms. The van der Waals surface area contributed by atoms with Crippen LogP contribution in [0.4, 0.5) is 0 Å². The van der Waals surface area contributed by atoms with E-state index in [1.54, 1.807) is 14.2 Å². The van der Waals surface area contributed by atoms with Crippen molar-refractivity contribution in [3.8, 4) is 11.5 Å². The molecule has 1 aromatic rings. The third-order valence-corrected chi connectivity index (χ3v) is 6.59. The van der Waals surface area contributed by atoms with E-state index in [0.717, 1.165) is 63.7 Å². The lowest BCUT2D eigenvalue weighted by Crippen LogP contribution is -2.49. The molecular weight excluding hydrogens is 342 g/mol. The molecule has 1 aromatic carbocycles. The van der Waals surface area contributed by atoms with E-state index in [0.29, 0.717) is 11.3 Å². The maximum Gasteiger partial charge on any atom is 0.226 e. The van der Waals surface area contributed by atoms with Crippen LogP contribution in [0.5, 0.6) is 11.5 Å². The Hall–Kier alpha value is -1.79. The minimum absolute atomic E-state index is 0.286. The molecule has 1 spiro atoms. The van der Waals surface area contributed by atoms with Crippen molar-refractivity contribution in [1.82, 2.24) is 15.1 Å². The average molecular weight is 373 g/mol. The Morgan fingerprint density at radius 1 is 1.07 bits per heavy atom. The van der Waals surface area contributed by atoms with Gasteiger partial charge in [0.05, 0.1) is 14.2 Å². The van der Waals surface area contributed by atoms with Crippen LogP contribution >= 0.6 is 0 Å². The number of amides is 1. The van der Waals surface area contributed by atoms with E-state index in [-0.39, 0.29) is 5.92 Å². The fraction of sp³-hybridized carbons (Fsp3) is 0.667. The highest BCUT2D eigenvalue weighted by atomic mass is 16.5. The van der Waals surface area contributed by atoms with Gasteiger partial charge in [0.25, 0.3) is 0 Å². The largest absolute Gasteiger partial charge is 0.497 e. The van der Waals surface area contributed by atoms with Crippen LogP contribution in [0.15, 0.2) is 18.2 Å². The zero-order valence-electron chi connectivity index (χ0n) is 16.5. The first-order chi connectivity index (χ1) is 13.1. The van der Waals surface area contributed by atoms with Crippen LogP contribution in [0.25, 0.3) is 0 Å². The lowest BCUT2D eigenvalue weighted by Gasteiger charge is -2.35.